The van der Waals surface area contributed by atoms with Crippen molar-refractivity contribution in [3.63, 3.8) is 0 Å². The molecule has 1 aliphatic rings. The van der Waals surface area contributed by atoms with Crippen molar-refractivity contribution in [3.8, 4) is 5.75 Å². The van der Waals surface area contributed by atoms with Gasteiger partial charge in [0.1, 0.15) is 17.1 Å². The molecular weight excluding hydrogens is 489 g/mol. The maximum Gasteiger partial charge on any atom is 0.295 e. The fourth-order valence-corrected chi connectivity index (χ4v) is 4.39. The SMILES string of the molecule is CCCOc1cccc(C2c3c(oc4ccc(F)cc4c3=O)C(=O)N2c2ccc(Br)cc2)c1. The minimum atomic E-state index is -0.747. The number of rotatable bonds is 5. The van der Waals surface area contributed by atoms with E-state index in [-0.39, 0.29) is 22.3 Å². The van der Waals surface area contributed by atoms with E-state index < -0.39 is 23.2 Å². The van der Waals surface area contributed by atoms with Crippen LogP contribution in [-0.2, 0) is 0 Å². The summed E-state index contributed by atoms with van der Waals surface area (Å²) in [5.74, 6) is -0.370. The number of amides is 1. The maximum absolute atomic E-state index is 13.9. The first-order valence-corrected chi connectivity index (χ1v) is 11.4. The van der Waals surface area contributed by atoms with E-state index in [1.54, 1.807) is 12.1 Å². The van der Waals surface area contributed by atoms with Crippen molar-refractivity contribution in [1.29, 1.82) is 0 Å². The molecule has 0 bridgehead atoms. The Morgan fingerprint density at radius 3 is 2.61 bits per heavy atom. The zero-order chi connectivity index (χ0) is 23.1. The highest BCUT2D eigenvalue weighted by molar-refractivity contribution is 9.10. The number of ether oxygens (including phenoxy) is 1. The van der Waals surface area contributed by atoms with Gasteiger partial charge in [0.15, 0.2) is 5.43 Å². The van der Waals surface area contributed by atoms with Gasteiger partial charge in [-0.15, -0.1) is 0 Å². The van der Waals surface area contributed by atoms with E-state index in [1.165, 1.54) is 17.0 Å². The molecule has 0 aliphatic carbocycles. The Labute approximate surface area is 197 Å². The van der Waals surface area contributed by atoms with Crippen molar-refractivity contribution < 1.29 is 18.3 Å². The Bertz CT molecular complexity index is 1430. The van der Waals surface area contributed by atoms with Crippen LogP contribution in [0, 0.1) is 5.82 Å². The summed E-state index contributed by atoms with van der Waals surface area (Å²) >= 11 is 3.41. The predicted octanol–water partition coefficient (Wildman–Crippen LogP) is 6.23. The van der Waals surface area contributed by atoms with Gasteiger partial charge >= 0.3 is 0 Å². The Morgan fingerprint density at radius 1 is 1.06 bits per heavy atom. The quantitative estimate of drug-likeness (QED) is 0.321. The molecule has 0 fully saturated rings. The molecule has 0 spiro atoms. The van der Waals surface area contributed by atoms with Crippen LogP contribution in [0.15, 0.2) is 80.4 Å². The molecule has 0 saturated carbocycles. The van der Waals surface area contributed by atoms with Gasteiger partial charge in [-0.3, -0.25) is 14.5 Å². The molecule has 1 aliphatic heterocycles. The zero-order valence-electron chi connectivity index (χ0n) is 17.7. The van der Waals surface area contributed by atoms with Crippen LogP contribution in [0.2, 0.25) is 0 Å². The largest absolute Gasteiger partial charge is 0.494 e. The lowest BCUT2D eigenvalue weighted by Crippen LogP contribution is -2.29. The lowest BCUT2D eigenvalue weighted by atomic mass is 9.98. The molecule has 33 heavy (non-hydrogen) atoms. The summed E-state index contributed by atoms with van der Waals surface area (Å²) < 4.78 is 26.5. The first kappa shape index (κ1) is 21.4. The molecule has 5 nitrogen and oxygen atoms in total. The molecule has 0 N–H and O–H groups in total. The van der Waals surface area contributed by atoms with Gasteiger partial charge in [0.05, 0.1) is 23.6 Å². The minimum Gasteiger partial charge on any atom is -0.494 e. The van der Waals surface area contributed by atoms with Gasteiger partial charge < -0.3 is 9.15 Å². The van der Waals surface area contributed by atoms with Gasteiger partial charge in [-0.1, -0.05) is 35.0 Å². The van der Waals surface area contributed by atoms with Crippen LogP contribution in [0.3, 0.4) is 0 Å². The Kier molecular flexibility index (Phi) is 5.50. The number of carbonyl (C=O) groups excluding carboxylic acids is 1. The lowest BCUT2D eigenvalue weighted by Gasteiger charge is -2.25. The molecule has 4 aromatic rings. The number of carbonyl (C=O) groups is 1. The van der Waals surface area contributed by atoms with Crippen LogP contribution >= 0.6 is 15.9 Å². The third-order valence-electron chi connectivity index (χ3n) is 5.58. The lowest BCUT2D eigenvalue weighted by molar-refractivity contribution is 0.0971. The van der Waals surface area contributed by atoms with Crippen LogP contribution in [0.25, 0.3) is 11.0 Å². The summed E-state index contributed by atoms with van der Waals surface area (Å²) in [6, 6.07) is 17.5. The zero-order valence-corrected chi connectivity index (χ0v) is 19.3. The summed E-state index contributed by atoms with van der Waals surface area (Å²) in [6.45, 7) is 2.56. The standard InChI is InChI=1S/C26H19BrFNO4/c1-2-12-32-19-5-3-4-15(13-19)23-22-24(30)20-14-17(28)8-11-21(20)33-25(22)26(31)29(23)18-9-6-16(27)7-10-18/h3-11,13-14,23H,2,12H2,1H3. The van der Waals surface area contributed by atoms with Crippen LogP contribution in [0.5, 0.6) is 5.75 Å². The Morgan fingerprint density at radius 2 is 1.85 bits per heavy atom. The van der Waals surface area contributed by atoms with Crippen molar-refractivity contribution in [1.82, 2.24) is 0 Å². The second-order valence-electron chi connectivity index (χ2n) is 7.79. The number of hydrogen-bond acceptors (Lipinski definition) is 4. The minimum absolute atomic E-state index is 0.0353. The van der Waals surface area contributed by atoms with Crippen molar-refractivity contribution >= 4 is 38.5 Å². The highest BCUT2D eigenvalue weighted by atomic mass is 79.9. The normalized spacial score (nSPS) is 15.2. The average Bonchev–Trinajstić information content (AvgIpc) is 3.11. The molecule has 1 unspecified atom stereocenters. The predicted molar refractivity (Wildman–Crippen MR) is 127 cm³/mol. The van der Waals surface area contributed by atoms with Gasteiger partial charge in [-0.25, -0.2) is 4.39 Å². The van der Waals surface area contributed by atoms with E-state index in [9.17, 15) is 14.0 Å². The molecule has 2 heterocycles. The second-order valence-corrected chi connectivity index (χ2v) is 8.71. The van der Waals surface area contributed by atoms with Crippen molar-refractivity contribution in [3.05, 3.63) is 104 Å². The molecule has 1 atom stereocenters. The first-order chi connectivity index (χ1) is 16.0. The fourth-order valence-electron chi connectivity index (χ4n) is 4.12. The van der Waals surface area contributed by atoms with Gasteiger partial charge in [0.25, 0.3) is 5.91 Å². The van der Waals surface area contributed by atoms with Crippen LogP contribution < -0.4 is 15.1 Å². The van der Waals surface area contributed by atoms with Crippen LogP contribution in [0.4, 0.5) is 10.1 Å². The van der Waals surface area contributed by atoms with E-state index in [1.807, 2.05) is 43.3 Å². The number of halogens is 2. The summed E-state index contributed by atoms with van der Waals surface area (Å²) in [7, 11) is 0. The Balaban J connectivity index is 1.76. The van der Waals surface area contributed by atoms with Gasteiger partial charge in [-0.2, -0.15) is 0 Å². The maximum atomic E-state index is 13.9. The molecule has 166 valence electrons. The van der Waals surface area contributed by atoms with Crippen LogP contribution in [0.1, 0.15) is 41.1 Å². The summed E-state index contributed by atoms with van der Waals surface area (Å²) in [5, 5.41) is 0.0996. The van der Waals surface area contributed by atoms with E-state index in [0.29, 0.717) is 23.6 Å². The molecule has 0 saturated heterocycles. The Hall–Kier alpha value is -3.45. The molecule has 0 radical (unpaired) electrons. The molecular formula is C26H19BrFNO4. The third-order valence-corrected chi connectivity index (χ3v) is 6.11. The van der Waals surface area contributed by atoms with E-state index in [2.05, 4.69) is 15.9 Å². The van der Waals surface area contributed by atoms with Crippen molar-refractivity contribution in [2.75, 3.05) is 11.5 Å². The summed E-state index contributed by atoms with van der Waals surface area (Å²) in [5.41, 5.74) is 1.23. The summed E-state index contributed by atoms with van der Waals surface area (Å²) in [4.78, 5) is 28.6. The van der Waals surface area contributed by atoms with E-state index >= 15 is 0 Å². The van der Waals surface area contributed by atoms with Gasteiger partial charge in [0.2, 0.25) is 5.76 Å². The number of fused-ring (bicyclic) bond motifs is 2. The van der Waals surface area contributed by atoms with Gasteiger partial charge in [-0.05, 0) is 66.6 Å². The number of anilines is 1. The van der Waals surface area contributed by atoms with Crippen molar-refractivity contribution in [2.45, 2.75) is 19.4 Å². The molecule has 5 rings (SSSR count). The first-order valence-electron chi connectivity index (χ1n) is 10.6. The second kappa shape index (κ2) is 8.48. The fraction of sp³-hybridized carbons (Fsp3) is 0.154. The third kappa shape index (κ3) is 3.72. The highest BCUT2D eigenvalue weighted by Crippen LogP contribution is 2.42. The number of nitrogens with zero attached hydrogens (tertiary/aromatic N) is 1. The molecule has 1 amide bonds. The molecule has 7 heteroatoms. The molecule has 3 aromatic carbocycles. The smallest absolute Gasteiger partial charge is 0.295 e. The number of hydrogen-bond donors (Lipinski definition) is 0. The highest BCUT2D eigenvalue weighted by Gasteiger charge is 2.43. The summed E-state index contributed by atoms with van der Waals surface area (Å²) in [6.07, 6.45) is 0.848. The molecule has 1 aromatic heterocycles. The van der Waals surface area contributed by atoms with Gasteiger partial charge in [0, 0.05) is 10.2 Å². The topological polar surface area (TPSA) is 59.8 Å². The van der Waals surface area contributed by atoms with E-state index in [0.717, 1.165) is 17.0 Å². The van der Waals surface area contributed by atoms with Crippen molar-refractivity contribution in [2.24, 2.45) is 0 Å². The number of benzene rings is 3. The van der Waals surface area contributed by atoms with Crippen LogP contribution in [-0.4, -0.2) is 12.5 Å². The monoisotopic (exact) mass is 507 g/mol. The van der Waals surface area contributed by atoms with E-state index in [4.69, 9.17) is 9.15 Å². The average molecular weight is 508 g/mol.